The molecule has 1 N–H and O–H groups in total. The zero-order valence-corrected chi connectivity index (χ0v) is 8.55. The van der Waals surface area contributed by atoms with Gasteiger partial charge in [0.05, 0.1) is 0 Å². The number of likely N-dealkylation sites (tertiary alicyclic amines) is 1. The van der Waals surface area contributed by atoms with Crippen molar-refractivity contribution in [2.75, 3.05) is 13.6 Å². The first-order valence-electron chi connectivity index (χ1n) is 4.47. The molecule has 0 aromatic carbocycles. The molecule has 1 unspecified atom stereocenters. The molecule has 0 spiro atoms. The van der Waals surface area contributed by atoms with Crippen molar-refractivity contribution in [3.63, 3.8) is 0 Å². The Labute approximate surface area is 74.9 Å². The highest BCUT2D eigenvalue weighted by Gasteiger charge is 2.32. The quantitative estimate of drug-likeness (QED) is 0.570. The molecule has 1 heterocycles. The number of hydrogen-bond donors (Lipinski definition) is 1. The van der Waals surface area contributed by atoms with E-state index < -0.39 is 0 Å². The lowest BCUT2D eigenvalue weighted by molar-refractivity contribution is 0.0547. The normalized spacial score (nSPS) is 28.8. The lowest BCUT2D eigenvalue weighted by Crippen LogP contribution is -2.49. The lowest BCUT2D eigenvalue weighted by Gasteiger charge is -2.44. The summed E-state index contributed by atoms with van der Waals surface area (Å²) in [6.07, 6.45) is 2.78. The fourth-order valence-electron chi connectivity index (χ4n) is 1.65. The Bertz CT molecular complexity index is 124. The molecule has 0 aliphatic carbocycles. The van der Waals surface area contributed by atoms with Crippen LogP contribution in [0.25, 0.3) is 0 Å². The summed E-state index contributed by atoms with van der Waals surface area (Å²) in [4.78, 5) is 9.97. The molecule has 0 saturated carbocycles. The van der Waals surface area contributed by atoms with Crippen LogP contribution in [-0.4, -0.2) is 24.0 Å². The standard InChI is InChI=1S/C9H19N.HNO/c1-8-6-5-7-10(4)9(8,2)3;1-2/h8H,5-7H2,1-4H3;1H. The van der Waals surface area contributed by atoms with Gasteiger partial charge in [-0.25, -0.2) is 0 Å². The van der Waals surface area contributed by atoms with Gasteiger partial charge in [0.15, 0.2) is 0 Å². The van der Waals surface area contributed by atoms with Crippen molar-refractivity contribution >= 4 is 0 Å². The minimum absolute atomic E-state index is 0.429. The Kier molecular flexibility index (Phi) is 4.39. The first-order valence-corrected chi connectivity index (χ1v) is 4.47. The van der Waals surface area contributed by atoms with Crippen molar-refractivity contribution in [3.8, 4) is 0 Å². The fourth-order valence-corrected chi connectivity index (χ4v) is 1.65. The van der Waals surface area contributed by atoms with Crippen molar-refractivity contribution in [1.29, 1.82) is 5.59 Å². The third-order valence-electron chi connectivity index (χ3n) is 3.32. The van der Waals surface area contributed by atoms with Gasteiger partial charge in [-0.3, -0.25) is 0 Å². The highest BCUT2D eigenvalue weighted by atomic mass is 16.2. The van der Waals surface area contributed by atoms with E-state index in [0.717, 1.165) is 5.92 Å². The van der Waals surface area contributed by atoms with Crippen LogP contribution in [0.15, 0.2) is 0 Å². The van der Waals surface area contributed by atoms with Crippen LogP contribution in [0.1, 0.15) is 33.6 Å². The molecule has 1 fully saturated rings. The van der Waals surface area contributed by atoms with Crippen LogP contribution in [0.4, 0.5) is 0 Å². The number of rotatable bonds is 0. The Morgan fingerprint density at radius 2 is 1.92 bits per heavy atom. The second kappa shape index (κ2) is 4.55. The van der Waals surface area contributed by atoms with Gasteiger partial charge in [-0.2, -0.15) is 4.91 Å². The number of nitroso groups, excluding NO2 is 1. The summed E-state index contributed by atoms with van der Waals surface area (Å²) in [5.41, 5.74) is 4.93. The topological polar surface area (TPSA) is 44.2 Å². The van der Waals surface area contributed by atoms with Gasteiger partial charge in [0.2, 0.25) is 0 Å². The van der Waals surface area contributed by atoms with Gasteiger partial charge in [0.1, 0.15) is 0 Å². The number of hydrogen-bond acceptors (Lipinski definition) is 3. The van der Waals surface area contributed by atoms with Crippen LogP contribution < -0.4 is 0 Å². The van der Waals surface area contributed by atoms with Crippen LogP contribution in [0.5, 0.6) is 0 Å². The van der Waals surface area contributed by atoms with Crippen LogP contribution in [0.2, 0.25) is 0 Å². The Morgan fingerprint density at radius 1 is 1.42 bits per heavy atom. The summed E-state index contributed by atoms with van der Waals surface area (Å²) in [6.45, 7) is 8.32. The summed E-state index contributed by atoms with van der Waals surface area (Å²) < 4.78 is 0. The maximum atomic E-state index is 7.50. The largest absolute Gasteiger partial charge is 0.301 e. The van der Waals surface area contributed by atoms with Crippen molar-refractivity contribution in [3.05, 3.63) is 4.91 Å². The predicted octanol–water partition coefficient (Wildman–Crippen LogP) is 2.46. The van der Waals surface area contributed by atoms with Crippen molar-refractivity contribution < 1.29 is 0 Å². The van der Waals surface area contributed by atoms with Crippen LogP contribution in [-0.2, 0) is 0 Å². The summed E-state index contributed by atoms with van der Waals surface area (Å²) >= 11 is 0. The van der Waals surface area contributed by atoms with Gasteiger partial charge in [-0.15, -0.1) is 0 Å². The number of nitrogens with zero attached hydrogens (tertiary/aromatic N) is 1. The van der Waals surface area contributed by atoms with E-state index in [0.29, 0.717) is 5.54 Å². The van der Waals surface area contributed by atoms with Gasteiger partial charge in [0, 0.05) is 5.54 Å². The molecule has 1 rings (SSSR count). The van der Waals surface area contributed by atoms with Crippen molar-refractivity contribution in [2.45, 2.75) is 39.2 Å². The van der Waals surface area contributed by atoms with Crippen molar-refractivity contribution in [1.82, 2.24) is 4.90 Å². The molecule has 1 atom stereocenters. The molecule has 0 bridgehead atoms. The summed E-state index contributed by atoms with van der Waals surface area (Å²) in [5, 5.41) is 0. The molecular formula is C9H20N2O. The minimum Gasteiger partial charge on any atom is -0.301 e. The zero-order valence-electron chi connectivity index (χ0n) is 8.55. The molecule has 0 aromatic heterocycles. The Hall–Kier alpha value is -0.440. The van der Waals surface area contributed by atoms with Gasteiger partial charge in [-0.05, 0) is 46.2 Å². The molecule has 0 amide bonds. The van der Waals surface area contributed by atoms with E-state index in [2.05, 4.69) is 38.3 Å². The molecule has 1 aliphatic rings. The van der Waals surface area contributed by atoms with Gasteiger partial charge >= 0.3 is 0 Å². The van der Waals surface area contributed by atoms with E-state index in [1.807, 2.05) is 0 Å². The maximum Gasteiger partial charge on any atom is 0.0175 e. The highest BCUT2D eigenvalue weighted by Crippen LogP contribution is 2.30. The molecule has 1 saturated heterocycles. The van der Waals surface area contributed by atoms with Crippen molar-refractivity contribution in [2.24, 2.45) is 5.92 Å². The van der Waals surface area contributed by atoms with Gasteiger partial charge in [0.25, 0.3) is 0 Å². The van der Waals surface area contributed by atoms with Crippen LogP contribution in [0, 0.1) is 16.4 Å². The molecule has 0 aromatic rings. The first-order chi connectivity index (χ1) is 5.55. The minimum atomic E-state index is 0.429. The maximum absolute atomic E-state index is 7.50. The van der Waals surface area contributed by atoms with Gasteiger partial charge < -0.3 is 4.90 Å². The molecule has 1 aliphatic heterocycles. The Balaban J connectivity index is 0.000000561. The third-order valence-corrected chi connectivity index (χ3v) is 3.32. The van der Waals surface area contributed by atoms with Crippen LogP contribution in [0.3, 0.4) is 0 Å². The summed E-state index contributed by atoms with van der Waals surface area (Å²) in [7, 11) is 2.23. The fraction of sp³-hybridized carbons (Fsp3) is 1.00. The van der Waals surface area contributed by atoms with E-state index in [4.69, 9.17) is 4.91 Å². The predicted molar refractivity (Wildman–Crippen MR) is 51.2 cm³/mol. The molecule has 12 heavy (non-hydrogen) atoms. The smallest absolute Gasteiger partial charge is 0.0175 e. The summed E-state index contributed by atoms with van der Waals surface area (Å²) in [6, 6.07) is 0. The highest BCUT2D eigenvalue weighted by molar-refractivity contribution is 4.88. The van der Waals surface area contributed by atoms with E-state index in [-0.39, 0.29) is 0 Å². The Morgan fingerprint density at radius 3 is 2.25 bits per heavy atom. The van der Waals surface area contributed by atoms with Gasteiger partial charge in [-0.1, -0.05) is 12.5 Å². The molecular weight excluding hydrogens is 152 g/mol. The van der Waals surface area contributed by atoms with E-state index in [9.17, 15) is 0 Å². The van der Waals surface area contributed by atoms with E-state index >= 15 is 0 Å². The molecule has 3 heteroatoms. The second-order valence-corrected chi connectivity index (χ2v) is 4.12. The average molecular weight is 172 g/mol. The monoisotopic (exact) mass is 172 g/mol. The zero-order chi connectivity index (χ0) is 9.78. The number of piperidine rings is 1. The summed E-state index contributed by atoms with van der Waals surface area (Å²) in [5.74, 6) is 0.853. The first kappa shape index (κ1) is 11.6. The average Bonchev–Trinajstić information content (AvgIpc) is 2.05. The van der Waals surface area contributed by atoms with E-state index in [1.165, 1.54) is 19.4 Å². The van der Waals surface area contributed by atoms with Crippen LogP contribution >= 0.6 is 0 Å². The molecule has 72 valence electrons. The van der Waals surface area contributed by atoms with E-state index in [1.54, 1.807) is 0 Å². The second-order valence-electron chi connectivity index (χ2n) is 4.12. The lowest BCUT2D eigenvalue weighted by atomic mass is 9.81. The third kappa shape index (κ3) is 2.27. The SMILES string of the molecule is CC1CCCN(C)C1(C)C.N=O. The number of nitrogens with one attached hydrogen (secondary N) is 1. The molecule has 0 radical (unpaired) electrons. The molecule has 3 nitrogen and oxygen atoms in total.